The molecule has 1 aliphatic heterocycles. The summed E-state index contributed by atoms with van der Waals surface area (Å²) in [5.74, 6) is -2.59. The van der Waals surface area contributed by atoms with E-state index in [0.29, 0.717) is 12.1 Å². The molecule has 1 rings (SSSR count). The van der Waals surface area contributed by atoms with E-state index in [2.05, 4.69) is 11.9 Å². The first-order chi connectivity index (χ1) is 7.35. The van der Waals surface area contributed by atoms with E-state index in [4.69, 9.17) is 9.47 Å². The Labute approximate surface area is 94.1 Å². The van der Waals surface area contributed by atoms with Crippen LogP contribution in [-0.2, 0) is 19.1 Å². The second-order valence-corrected chi connectivity index (χ2v) is 3.84. The second kappa shape index (κ2) is 4.38. The molecule has 0 spiro atoms. The van der Waals surface area contributed by atoms with Crippen molar-refractivity contribution in [1.82, 2.24) is 5.32 Å². The molecule has 0 unspecified atom stereocenters. The van der Waals surface area contributed by atoms with Crippen LogP contribution in [0.3, 0.4) is 0 Å². The summed E-state index contributed by atoms with van der Waals surface area (Å²) in [6.07, 6.45) is 1.95. The van der Waals surface area contributed by atoms with Crippen LogP contribution in [0.15, 0.2) is 24.0 Å². The molecule has 1 saturated heterocycles. The second-order valence-electron chi connectivity index (χ2n) is 3.84. The Morgan fingerprint density at radius 3 is 2.31 bits per heavy atom. The third kappa shape index (κ3) is 2.85. The standard InChI is InChI=1S/C11H15NO4/c1-5-7(2)12-6-8-9(13)15-11(3,4)16-10(8)14/h6,12H,2,5H2,1,3-4H3. The monoisotopic (exact) mass is 225 g/mol. The summed E-state index contributed by atoms with van der Waals surface area (Å²) in [7, 11) is 0. The van der Waals surface area contributed by atoms with Crippen molar-refractivity contribution in [3.8, 4) is 0 Å². The van der Waals surface area contributed by atoms with Crippen LogP contribution in [0.2, 0.25) is 0 Å². The number of ether oxygens (including phenoxy) is 2. The maximum atomic E-state index is 11.5. The summed E-state index contributed by atoms with van der Waals surface area (Å²) in [6, 6.07) is 0. The van der Waals surface area contributed by atoms with E-state index in [0.717, 1.165) is 0 Å². The van der Waals surface area contributed by atoms with Crippen LogP contribution in [0.4, 0.5) is 0 Å². The van der Waals surface area contributed by atoms with Crippen molar-refractivity contribution in [3.05, 3.63) is 24.0 Å². The molecular formula is C11H15NO4. The van der Waals surface area contributed by atoms with Gasteiger partial charge in [-0.25, -0.2) is 9.59 Å². The van der Waals surface area contributed by atoms with Crippen LogP contribution in [-0.4, -0.2) is 17.7 Å². The Hall–Kier alpha value is -1.78. The molecule has 0 saturated carbocycles. The van der Waals surface area contributed by atoms with Crippen LogP contribution in [0.1, 0.15) is 27.2 Å². The smallest absolute Gasteiger partial charge is 0.350 e. The van der Waals surface area contributed by atoms with Gasteiger partial charge in [-0.3, -0.25) is 0 Å². The molecule has 0 aromatic carbocycles. The molecule has 0 aromatic rings. The molecule has 0 radical (unpaired) electrons. The molecular weight excluding hydrogens is 210 g/mol. The van der Waals surface area contributed by atoms with Crippen LogP contribution in [0, 0.1) is 0 Å². The summed E-state index contributed by atoms with van der Waals surface area (Å²) < 4.78 is 9.81. The average Bonchev–Trinajstić information content (AvgIpc) is 2.14. The zero-order valence-electron chi connectivity index (χ0n) is 9.62. The van der Waals surface area contributed by atoms with Gasteiger partial charge in [0, 0.05) is 25.7 Å². The quantitative estimate of drug-likeness (QED) is 0.444. The van der Waals surface area contributed by atoms with Gasteiger partial charge < -0.3 is 14.8 Å². The van der Waals surface area contributed by atoms with Crippen LogP contribution >= 0.6 is 0 Å². The largest absolute Gasteiger partial charge is 0.419 e. The number of hydrogen-bond acceptors (Lipinski definition) is 5. The minimum Gasteiger partial charge on any atom is -0.419 e. The highest BCUT2D eigenvalue weighted by Crippen LogP contribution is 2.22. The molecule has 16 heavy (non-hydrogen) atoms. The zero-order chi connectivity index (χ0) is 12.3. The van der Waals surface area contributed by atoms with Crippen molar-refractivity contribution in [2.45, 2.75) is 33.0 Å². The van der Waals surface area contributed by atoms with Crippen LogP contribution in [0.5, 0.6) is 0 Å². The number of rotatable bonds is 3. The molecule has 0 aromatic heterocycles. The SMILES string of the molecule is C=C(CC)NC=C1C(=O)OC(C)(C)OC1=O. The lowest BCUT2D eigenvalue weighted by molar-refractivity contribution is -0.222. The van der Waals surface area contributed by atoms with Crippen LogP contribution < -0.4 is 5.32 Å². The molecule has 0 bridgehead atoms. The summed E-state index contributed by atoms with van der Waals surface area (Å²) in [4.78, 5) is 22.9. The molecule has 5 heteroatoms. The molecule has 0 atom stereocenters. The van der Waals surface area contributed by atoms with Gasteiger partial charge in [-0.1, -0.05) is 13.5 Å². The van der Waals surface area contributed by atoms with Crippen molar-refractivity contribution in [1.29, 1.82) is 0 Å². The Morgan fingerprint density at radius 2 is 1.88 bits per heavy atom. The van der Waals surface area contributed by atoms with Gasteiger partial charge in [0.25, 0.3) is 5.79 Å². The first kappa shape index (κ1) is 12.3. The lowest BCUT2D eigenvalue weighted by Gasteiger charge is -2.29. The van der Waals surface area contributed by atoms with Crippen molar-refractivity contribution >= 4 is 11.9 Å². The van der Waals surface area contributed by atoms with Gasteiger partial charge in [-0.05, 0) is 6.42 Å². The molecule has 88 valence electrons. The summed E-state index contributed by atoms with van der Waals surface area (Å²) in [5, 5.41) is 2.73. The number of carbonyl (C=O) groups excluding carboxylic acids is 2. The molecule has 1 heterocycles. The Balaban J connectivity index is 2.79. The summed E-state index contributed by atoms with van der Waals surface area (Å²) >= 11 is 0. The molecule has 1 N–H and O–H groups in total. The van der Waals surface area contributed by atoms with Gasteiger partial charge in [0.05, 0.1) is 0 Å². The fourth-order valence-corrected chi connectivity index (χ4v) is 1.05. The Bertz CT molecular complexity index is 346. The summed E-state index contributed by atoms with van der Waals surface area (Å²) in [6.45, 7) is 8.57. The number of nitrogens with one attached hydrogen (secondary N) is 1. The normalized spacial score (nSPS) is 18.6. The lowest BCUT2D eigenvalue weighted by atomic mass is 10.2. The molecule has 1 aliphatic rings. The van der Waals surface area contributed by atoms with E-state index >= 15 is 0 Å². The van der Waals surface area contributed by atoms with Gasteiger partial charge in [0.15, 0.2) is 5.57 Å². The highest BCUT2D eigenvalue weighted by atomic mass is 16.7. The van der Waals surface area contributed by atoms with Gasteiger partial charge in [-0.15, -0.1) is 0 Å². The average molecular weight is 225 g/mol. The fraction of sp³-hybridized carbons (Fsp3) is 0.455. The fourth-order valence-electron chi connectivity index (χ4n) is 1.05. The lowest BCUT2D eigenvalue weighted by Crippen LogP contribution is -2.42. The van der Waals surface area contributed by atoms with Crippen molar-refractivity contribution in [3.63, 3.8) is 0 Å². The highest BCUT2D eigenvalue weighted by Gasteiger charge is 2.38. The van der Waals surface area contributed by atoms with Gasteiger partial charge >= 0.3 is 11.9 Å². The van der Waals surface area contributed by atoms with Crippen molar-refractivity contribution in [2.75, 3.05) is 0 Å². The van der Waals surface area contributed by atoms with Crippen molar-refractivity contribution in [2.24, 2.45) is 0 Å². The van der Waals surface area contributed by atoms with Gasteiger partial charge in [-0.2, -0.15) is 0 Å². The Kier molecular flexibility index (Phi) is 3.37. The first-order valence-corrected chi connectivity index (χ1v) is 4.97. The maximum Gasteiger partial charge on any atom is 0.350 e. The number of allylic oxidation sites excluding steroid dienone is 1. The first-order valence-electron chi connectivity index (χ1n) is 4.97. The molecule has 1 fully saturated rings. The number of esters is 2. The van der Waals surface area contributed by atoms with Gasteiger partial charge in [0.1, 0.15) is 0 Å². The number of cyclic esters (lactones) is 2. The number of hydrogen-bond donors (Lipinski definition) is 1. The predicted molar refractivity (Wildman–Crippen MR) is 56.9 cm³/mol. The maximum absolute atomic E-state index is 11.5. The molecule has 0 amide bonds. The third-order valence-electron chi connectivity index (χ3n) is 1.96. The van der Waals surface area contributed by atoms with E-state index < -0.39 is 17.7 Å². The van der Waals surface area contributed by atoms with E-state index in [1.807, 2.05) is 6.92 Å². The van der Waals surface area contributed by atoms with E-state index in [1.165, 1.54) is 20.0 Å². The van der Waals surface area contributed by atoms with Gasteiger partial charge in [0.2, 0.25) is 0 Å². The summed E-state index contributed by atoms with van der Waals surface area (Å²) in [5.41, 5.74) is 0.534. The van der Waals surface area contributed by atoms with E-state index in [1.54, 1.807) is 0 Å². The highest BCUT2D eigenvalue weighted by molar-refractivity contribution is 6.15. The zero-order valence-corrected chi connectivity index (χ0v) is 9.62. The molecule has 0 aliphatic carbocycles. The minimum absolute atomic E-state index is 0.158. The number of carbonyl (C=O) groups is 2. The van der Waals surface area contributed by atoms with E-state index in [9.17, 15) is 9.59 Å². The van der Waals surface area contributed by atoms with Crippen molar-refractivity contribution < 1.29 is 19.1 Å². The van der Waals surface area contributed by atoms with E-state index in [-0.39, 0.29) is 5.57 Å². The predicted octanol–water partition coefficient (Wildman–Crippen LogP) is 1.22. The minimum atomic E-state index is -1.20. The van der Waals surface area contributed by atoms with Crippen LogP contribution in [0.25, 0.3) is 0 Å². The third-order valence-corrected chi connectivity index (χ3v) is 1.96. The molecule has 5 nitrogen and oxygen atoms in total. The Morgan fingerprint density at radius 1 is 1.38 bits per heavy atom. The topological polar surface area (TPSA) is 64.6 Å².